The van der Waals surface area contributed by atoms with E-state index in [0.717, 1.165) is 16.0 Å². The smallest absolute Gasteiger partial charge is 0.254 e. The van der Waals surface area contributed by atoms with Gasteiger partial charge in [0.2, 0.25) is 5.91 Å². The zero-order chi connectivity index (χ0) is 19.3. The molecule has 136 valence electrons. The maximum absolute atomic E-state index is 12.6. The standard InChI is InChI=1S/C19H20N2O5/c1-20-18(25)17(16(24)11-22)21(2)19(26)13-8-6-12(7-9-13)14-4-3-5-15(23)10-14/h3-10,17,22-23H,11H2,1-2H3,(H,20,25). The van der Waals surface area contributed by atoms with Crippen molar-refractivity contribution in [1.82, 2.24) is 10.2 Å². The Balaban J connectivity index is 2.25. The number of carbonyl (C=O) groups excluding carboxylic acids is 3. The number of ketones is 1. The fourth-order valence-electron chi connectivity index (χ4n) is 2.57. The minimum absolute atomic E-state index is 0.137. The Morgan fingerprint density at radius 1 is 1.08 bits per heavy atom. The minimum atomic E-state index is -1.40. The van der Waals surface area contributed by atoms with Gasteiger partial charge in [-0.15, -0.1) is 0 Å². The molecule has 0 bridgehead atoms. The first-order valence-corrected chi connectivity index (χ1v) is 7.90. The summed E-state index contributed by atoms with van der Waals surface area (Å²) in [5.41, 5.74) is 1.88. The average Bonchev–Trinajstić information content (AvgIpc) is 2.67. The summed E-state index contributed by atoms with van der Waals surface area (Å²) in [6.07, 6.45) is 0. The summed E-state index contributed by atoms with van der Waals surface area (Å²) >= 11 is 0. The molecule has 2 aromatic carbocycles. The highest BCUT2D eigenvalue weighted by molar-refractivity contribution is 6.10. The number of hydrogen-bond acceptors (Lipinski definition) is 5. The number of carbonyl (C=O) groups is 3. The molecular weight excluding hydrogens is 336 g/mol. The van der Waals surface area contributed by atoms with Gasteiger partial charge in [0, 0.05) is 19.7 Å². The van der Waals surface area contributed by atoms with Gasteiger partial charge in [-0.3, -0.25) is 14.4 Å². The van der Waals surface area contributed by atoms with Gasteiger partial charge in [0.1, 0.15) is 12.4 Å². The van der Waals surface area contributed by atoms with Gasteiger partial charge < -0.3 is 20.4 Å². The van der Waals surface area contributed by atoms with E-state index in [1.165, 1.54) is 14.1 Å². The lowest BCUT2D eigenvalue weighted by Crippen LogP contribution is -2.52. The van der Waals surface area contributed by atoms with Crippen LogP contribution < -0.4 is 5.32 Å². The van der Waals surface area contributed by atoms with Gasteiger partial charge in [-0.1, -0.05) is 24.3 Å². The summed E-state index contributed by atoms with van der Waals surface area (Å²) < 4.78 is 0. The van der Waals surface area contributed by atoms with Crippen LogP contribution in [0.5, 0.6) is 5.75 Å². The van der Waals surface area contributed by atoms with Gasteiger partial charge in [-0.05, 0) is 35.4 Å². The Labute approximate surface area is 150 Å². The van der Waals surface area contributed by atoms with Gasteiger partial charge in [0.15, 0.2) is 11.8 Å². The molecule has 0 aliphatic carbocycles. The van der Waals surface area contributed by atoms with Crippen LogP contribution in [0.1, 0.15) is 10.4 Å². The molecule has 0 spiro atoms. The maximum Gasteiger partial charge on any atom is 0.254 e. The molecule has 2 rings (SSSR count). The number of rotatable bonds is 6. The topological polar surface area (TPSA) is 107 Å². The number of aliphatic hydroxyl groups is 1. The van der Waals surface area contributed by atoms with Crippen molar-refractivity contribution in [1.29, 1.82) is 0 Å². The highest BCUT2D eigenvalue weighted by Gasteiger charge is 2.32. The summed E-state index contributed by atoms with van der Waals surface area (Å²) in [7, 11) is 2.68. The molecule has 0 saturated heterocycles. The molecular formula is C19H20N2O5. The quantitative estimate of drug-likeness (QED) is 0.664. The number of aromatic hydroxyl groups is 1. The van der Waals surface area contributed by atoms with Gasteiger partial charge in [0.05, 0.1) is 0 Å². The van der Waals surface area contributed by atoms with Crippen LogP contribution in [0, 0.1) is 0 Å². The molecule has 3 N–H and O–H groups in total. The lowest BCUT2D eigenvalue weighted by atomic mass is 10.0. The molecule has 0 aliphatic rings. The van der Waals surface area contributed by atoms with Crippen molar-refractivity contribution in [3.63, 3.8) is 0 Å². The molecule has 2 amide bonds. The summed E-state index contributed by atoms with van der Waals surface area (Å²) in [5.74, 6) is -1.82. The normalized spacial score (nSPS) is 11.5. The third kappa shape index (κ3) is 4.07. The average molecular weight is 356 g/mol. The fraction of sp³-hybridized carbons (Fsp3) is 0.211. The van der Waals surface area contributed by atoms with Crippen LogP contribution in [0.4, 0.5) is 0 Å². The first-order valence-electron chi connectivity index (χ1n) is 7.90. The molecule has 0 aromatic heterocycles. The van der Waals surface area contributed by atoms with Crippen LogP contribution in [-0.4, -0.2) is 59.5 Å². The van der Waals surface area contributed by atoms with E-state index in [0.29, 0.717) is 0 Å². The molecule has 7 heteroatoms. The summed E-state index contributed by atoms with van der Waals surface area (Å²) in [6, 6.07) is 11.9. The molecule has 26 heavy (non-hydrogen) atoms. The van der Waals surface area contributed by atoms with E-state index in [4.69, 9.17) is 5.11 Å². The molecule has 1 atom stereocenters. The van der Waals surface area contributed by atoms with E-state index in [-0.39, 0.29) is 11.3 Å². The Morgan fingerprint density at radius 2 is 1.73 bits per heavy atom. The van der Waals surface area contributed by atoms with E-state index < -0.39 is 30.2 Å². The Hall–Kier alpha value is -3.19. The predicted molar refractivity (Wildman–Crippen MR) is 95.6 cm³/mol. The number of Topliss-reactive ketones (excluding diaryl/α,β-unsaturated/α-hetero) is 1. The third-order valence-electron chi connectivity index (χ3n) is 3.97. The maximum atomic E-state index is 12.6. The SMILES string of the molecule is CNC(=O)C(C(=O)CO)N(C)C(=O)c1ccc(-c2cccc(O)c2)cc1. The molecule has 0 heterocycles. The van der Waals surface area contributed by atoms with E-state index in [1.54, 1.807) is 42.5 Å². The van der Waals surface area contributed by atoms with Gasteiger partial charge in [-0.25, -0.2) is 0 Å². The van der Waals surface area contributed by atoms with E-state index in [1.807, 2.05) is 6.07 Å². The van der Waals surface area contributed by atoms with E-state index >= 15 is 0 Å². The molecule has 0 saturated carbocycles. The van der Waals surface area contributed by atoms with Crippen LogP contribution >= 0.6 is 0 Å². The molecule has 0 fully saturated rings. The summed E-state index contributed by atoms with van der Waals surface area (Å²) in [6.45, 7) is -0.841. The van der Waals surface area contributed by atoms with Crippen LogP contribution in [0.25, 0.3) is 11.1 Å². The molecule has 7 nitrogen and oxygen atoms in total. The monoisotopic (exact) mass is 356 g/mol. The number of nitrogens with zero attached hydrogens (tertiary/aromatic N) is 1. The second-order valence-electron chi connectivity index (χ2n) is 5.68. The lowest BCUT2D eigenvalue weighted by Gasteiger charge is -2.25. The third-order valence-corrected chi connectivity index (χ3v) is 3.97. The number of phenolic OH excluding ortho intramolecular Hbond substituents is 1. The molecule has 0 aliphatic heterocycles. The number of hydrogen-bond donors (Lipinski definition) is 3. The second-order valence-corrected chi connectivity index (χ2v) is 5.68. The van der Waals surface area contributed by atoms with E-state index in [2.05, 4.69) is 5.32 Å². The van der Waals surface area contributed by atoms with Crippen LogP contribution in [-0.2, 0) is 9.59 Å². The first kappa shape index (κ1) is 19.1. The van der Waals surface area contributed by atoms with E-state index in [9.17, 15) is 19.5 Å². The van der Waals surface area contributed by atoms with Gasteiger partial charge in [-0.2, -0.15) is 0 Å². The van der Waals surface area contributed by atoms with Crippen LogP contribution in [0.3, 0.4) is 0 Å². The number of aliphatic hydroxyl groups excluding tert-OH is 1. The minimum Gasteiger partial charge on any atom is -0.508 e. The lowest BCUT2D eigenvalue weighted by molar-refractivity contribution is -0.135. The Bertz CT molecular complexity index is 801. The highest BCUT2D eigenvalue weighted by Crippen LogP contribution is 2.23. The molecule has 2 aromatic rings. The number of nitrogens with one attached hydrogen (secondary N) is 1. The molecule has 0 radical (unpaired) electrons. The van der Waals surface area contributed by atoms with Crippen molar-refractivity contribution >= 4 is 17.6 Å². The number of phenols is 1. The van der Waals surface area contributed by atoms with Gasteiger partial charge >= 0.3 is 0 Å². The largest absolute Gasteiger partial charge is 0.508 e. The number of amides is 2. The van der Waals surface area contributed by atoms with Crippen LogP contribution in [0.15, 0.2) is 48.5 Å². The number of benzene rings is 2. The summed E-state index contributed by atoms with van der Waals surface area (Å²) in [5, 5.41) is 20.9. The Kier molecular flexibility index (Phi) is 6.08. The van der Waals surface area contributed by atoms with Crippen molar-refractivity contribution in [2.24, 2.45) is 0 Å². The second kappa shape index (κ2) is 8.26. The number of likely N-dealkylation sites (N-methyl/N-ethyl adjacent to an activating group) is 2. The summed E-state index contributed by atoms with van der Waals surface area (Å²) in [4.78, 5) is 37.3. The Morgan fingerprint density at radius 3 is 2.27 bits per heavy atom. The predicted octanol–water partition coefficient (Wildman–Crippen LogP) is 0.807. The van der Waals surface area contributed by atoms with Crippen molar-refractivity contribution in [3.05, 3.63) is 54.1 Å². The van der Waals surface area contributed by atoms with Crippen molar-refractivity contribution < 1.29 is 24.6 Å². The fourth-order valence-corrected chi connectivity index (χ4v) is 2.57. The molecule has 1 unspecified atom stereocenters. The van der Waals surface area contributed by atoms with Crippen LogP contribution in [0.2, 0.25) is 0 Å². The zero-order valence-electron chi connectivity index (χ0n) is 14.5. The van der Waals surface area contributed by atoms with Crippen molar-refractivity contribution in [2.75, 3.05) is 20.7 Å². The first-order chi connectivity index (χ1) is 12.4. The highest BCUT2D eigenvalue weighted by atomic mass is 16.3. The van der Waals surface area contributed by atoms with Gasteiger partial charge in [0.25, 0.3) is 5.91 Å². The zero-order valence-corrected chi connectivity index (χ0v) is 14.5. The van der Waals surface area contributed by atoms with Crippen molar-refractivity contribution in [2.45, 2.75) is 6.04 Å². The van der Waals surface area contributed by atoms with Crippen molar-refractivity contribution in [3.8, 4) is 16.9 Å².